The molecule has 0 fully saturated rings. The van der Waals surface area contributed by atoms with E-state index in [1.54, 1.807) is 11.0 Å². The second-order valence-corrected chi connectivity index (χ2v) is 7.48. The maximum absolute atomic E-state index is 13.2. The van der Waals surface area contributed by atoms with Gasteiger partial charge in [-0.25, -0.2) is 0 Å². The number of unbranched alkanes of at least 4 members (excludes halogenated alkanes) is 1. The quantitative estimate of drug-likeness (QED) is 0.441. The highest BCUT2D eigenvalue weighted by atomic mass is 127. The lowest BCUT2D eigenvalue weighted by Gasteiger charge is -2.33. The SMILES string of the molecule is CCCCN(C(=O)c1ccccc1I)C(C(=O)NCC(=O)OC)C(C)C. The molecule has 26 heavy (non-hydrogen) atoms. The van der Waals surface area contributed by atoms with Crippen molar-refractivity contribution < 1.29 is 19.1 Å². The highest BCUT2D eigenvalue weighted by Gasteiger charge is 2.33. The zero-order valence-corrected chi connectivity index (χ0v) is 17.9. The standard InChI is InChI=1S/C19H27IN2O4/c1-5-6-11-22(19(25)14-9-7-8-10-15(14)20)17(13(2)3)18(24)21-12-16(23)26-4/h7-10,13,17H,5-6,11-12H2,1-4H3,(H,21,24). The molecule has 7 heteroatoms. The van der Waals surface area contributed by atoms with Gasteiger partial charge in [-0.2, -0.15) is 0 Å². The predicted octanol–water partition coefficient (Wildman–Crippen LogP) is 2.85. The minimum atomic E-state index is -0.658. The molecule has 0 aliphatic heterocycles. The number of methoxy groups -OCH3 is 1. The van der Waals surface area contributed by atoms with E-state index < -0.39 is 12.0 Å². The van der Waals surface area contributed by atoms with Crippen LogP contribution < -0.4 is 5.32 Å². The van der Waals surface area contributed by atoms with Crippen molar-refractivity contribution in [2.75, 3.05) is 20.2 Å². The average Bonchev–Trinajstić information content (AvgIpc) is 2.62. The maximum atomic E-state index is 13.2. The number of amides is 2. The number of hydrogen-bond acceptors (Lipinski definition) is 4. The van der Waals surface area contributed by atoms with E-state index >= 15 is 0 Å². The Labute approximate surface area is 168 Å². The van der Waals surface area contributed by atoms with E-state index in [0.717, 1.165) is 16.4 Å². The molecule has 0 bridgehead atoms. The molecule has 1 unspecified atom stereocenters. The molecule has 1 atom stereocenters. The third-order valence-corrected chi connectivity index (χ3v) is 4.93. The van der Waals surface area contributed by atoms with E-state index in [4.69, 9.17) is 0 Å². The summed E-state index contributed by atoms with van der Waals surface area (Å²) >= 11 is 2.13. The summed E-state index contributed by atoms with van der Waals surface area (Å²) in [4.78, 5) is 38.8. The highest BCUT2D eigenvalue weighted by Crippen LogP contribution is 2.20. The van der Waals surface area contributed by atoms with Crippen LogP contribution in [0.1, 0.15) is 44.0 Å². The number of carbonyl (C=O) groups excluding carboxylic acids is 3. The lowest BCUT2D eigenvalue weighted by Crippen LogP contribution is -2.53. The van der Waals surface area contributed by atoms with Crippen molar-refractivity contribution in [2.24, 2.45) is 5.92 Å². The number of carbonyl (C=O) groups is 3. The third-order valence-electron chi connectivity index (χ3n) is 3.99. The molecule has 2 amide bonds. The van der Waals surface area contributed by atoms with Gasteiger partial charge in [-0.05, 0) is 47.1 Å². The first-order chi connectivity index (χ1) is 12.3. The second kappa shape index (κ2) is 11.2. The number of ether oxygens (including phenoxy) is 1. The molecule has 0 saturated carbocycles. The molecular formula is C19H27IN2O4. The van der Waals surface area contributed by atoms with E-state index in [1.807, 2.05) is 39.0 Å². The molecule has 0 radical (unpaired) electrons. The Morgan fingerprint density at radius 1 is 1.23 bits per heavy atom. The van der Waals surface area contributed by atoms with E-state index in [9.17, 15) is 14.4 Å². The normalized spacial score (nSPS) is 11.8. The first-order valence-corrected chi connectivity index (χ1v) is 9.81. The minimum absolute atomic E-state index is 0.102. The van der Waals surface area contributed by atoms with Gasteiger partial charge in [0.1, 0.15) is 12.6 Å². The molecule has 0 aromatic heterocycles. The van der Waals surface area contributed by atoms with E-state index in [-0.39, 0.29) is 24.3 Å². The van der Waals surface area contributed by atoms with Crippen LogP contribution in [-0.4, -0.2) is 48.9 Å². The molecule has 0 aliphatic carbocycles. The van der Waals surface area contributed by atoms with Crippen molar-refractivity contribution in [2.45, 2.75) is 39.7 Å². The van der Waals surface area contributed by atoms with Gasteiger partial charge < -0.3 is 15.0 Å². The van der Waals surface area contributed by atoms with Crippen LogP contribution in [0, 0.1) is 9.49 Å². The zero-order valence-electron chi connectivity index (χ0n) is 15.8. The smallest absolute Gasteiger partial charge is 0.325 e. The second-order valence-electron chi connectivity index (χ2n) is 6.31. The first-order valence-electron chi connectivity index (χ1n) is 8.73. The van der Waals surface area contributed by atoms with Gasteiger partial charge in [0.2, 0.25) is 5.91 Å². The van der Waals surface area contributed by atoms with E-state index in [1.165, 1.54) is 7.11 Å². The fourth-order valence-corrected chi connectivity index (χ4v) is 3.24. The minimum Gasteiger partial charge on any atom is -0.468 e. The van der Waals surface area contributed by atoms with Gasteiger partial charge in [0.15, 0.2) is 0 Å². The van der Waals surface area contributed by atoms with Crippen molar-refractivity contribution >= 4 is 40.4 Å². The van der Waals surface area contributed by atoms with Gasteiger partial charge >= 0.3 is 5.97 Å². The number of rotatable bonds is 9. The largest absolute Gasteiger partial charge is 0.468 e. The molecule has 144 valence electrons. The average molecular weight is 474 g/mol. The molecule has 0 aliphatic rings. The Morgan fingerprint density at radius 3 is 2.42 bits per heavy atom. The molecular weight excluding hydrogens is 447 g/mol. The summed E-state index contributed by atoms with van der Waals surface area (Å²) in [7, 11) is 1.27. The first kappa shape index (κ1) is 22.4. The molecule has 0 saturated heterocycles. The fraction of sp³-hybridized carbons (Fsp3) is 0.526. The number of benzene rings is 1. The number of hydrogen-bond donors (Lipinski definition) is 1. The molecule has 6 nitrogen and oxygen atoms in total. The third kappa shape index (κ3) is 6.26. The van der Waals surface area contributed by atoms with Crippen LogP contribution in [0.15, 0.2) is 24.3 Å². The summed E-state index contributed by atoms with van der Waals surface area (Å²) in [6, 6.07) is 6.67. The van der Waals surface area contributed by atoms with Gasteiger partial charge in [0, 0.05) is 10.1 Å². The number of nitrogens with one attached hydrogen (secondary N) is 1. The van der Waals surface area contributed by atoms with Gasteiger partial charge in [0.05, 0.1) is 12.7 Å². The number of nitrogens with zero attached hydrogens (tertiary/aromatic N) is 1. The summed E-state index contributed by atoms with van der Waals surface area (Å²) in [6.07, 6.45) is 1.70. The molecule has 1 rings (SSSR count). The number of halogens is 1. The Balaban J connectivity index is 3.12. The van der Waals surface area contributed by atoms with Crippen LogP contribution in [0.3, 0.4) is 0 Å². The number of esters is 1. The van der Waals surface area contributed by atoms with Crippen LogP contribution in [-0.2, 0) is 14.3 Å². The Morgan fingerprint density at radius 2 is 1.88 bits per heavy atom. The van der Waals surface area contributed by atoms with E-state index in [2.05, 4.69) is 32.6 Å². The lowest BCUT2D eigenvalue weighted by atomic mass is 9.99. The molecule has 1 N–H and O–H groups in total. The summed E-state index contributed by atoms with van der Waals surface area (Å²) in [6.45, 7) is 6.10. The van der Waals surface area contributed by atoms with Gasteiger partial charge in [-0.15, -0.1) is 0 Å². The van der Waals surface area contributed by atoms with Gasteiger partial charge in [-0.3, -0.25) is 14.4 Å². The van der Waals surface area contributed by atoms with Gasteiger partial charge in [-0.1, -0.05) is 39.3 Å². The topological polar surface area (TPSA) is 75.7 Å². The summed E-state index contributed by atoms with van der Waals surface area (Å²) in [5.74, 6) is -1.14. The maximum Gasteiger partial charge on any atom is 0.325 e. The summed E-state index contributed by atoms with van der Waals surface area (Å²) < 4.78 is 5.41. The van der Waals surface area contributed by atoms with Crippen molar-refractivity contribution in [1.29, 1.82) is 0 Å². The fourth-order valence-electron chi connectivity index (χ4n) is 2.62. The van der Waals surface area contributed by atoms with Crippen LogP contribution in [0.5, 0.6) is 0 Å². The molecule has 1 aromatic rings. The Bertz CT molecular complexity index is 634. The van der Waals surface area contributed by atoms with Crippen LogP contribution in [0.4, 0.5) is 0 Å². The highest BCUT2D eigenvalue weighted by molar-refractivity contribution is 14.1. The van der Waals surface area contributed by atoms with Crippen molar-refractivity contribution in [3.05, 3.63) is 33.4 Å². The zero-order chi connectivity index (χ0) is 19.7. The monoisotopic (exact) mass is 474 g/mol. The van der Waals surface area contributed by atoms with Crippen molar-refractivity contribution in [3.8, 4) is 0 Å². The molecule has 0 spiro atoms. The molecule has 0 heterocycles. The van der Waals surface area contributed by atoms with Crippen LogP contribution in [0.25, 0.3) is 0 Å². The summed E-state index contributed by atoms with van der Waals surface area (Å²) in [5.41, 5.74) is 0.579. The lowest BCUT2D eigenvalue weighted by molar-refractivity contribution is -0.141. The van der Waals surface area contributed by atoms with Crippen molar-refractivity contribution in [3.63, 3.8) is 0 Å². The van der Waals surface area contributed by atoms with Crippen molar-refractivity contribution in [1.82, 2.24) is 10.2 Å². The molecule has 1 aromatic carbocycles. The predicted molar refractivity (Wildman–Crippen MR) is 109 cm³/mol. The Kier molecular flexibility index (Phi) is 9.61. The summed E-state index contributed by atoms with van der Waals surface area (Å²) in [5, 5.41) is 2.58. The Hall–Kier alpha value is -1.64. The van der Waals surface area contributed by atoms with Crippen LogP contribution >= 0.6 is 22.6 Å². The van der Waals surface area contributed by atoms with Gasteiger partial charge in [0.25, 0.3) is 5.91 Å². The van der Waals surface area contributed by atoms with E-state index in [0.29, 0.717) is 12.1 Å². The van der Waals surface area contributed by atoms with Crippen LogP contribution in [0.2, 0.25) is 0 Å².